The monoisotopic (exact) mass is 340 g/mol. The van der Waals surface area contributed by atoms with Gasteiger partial charge >= 0.3 is 0 Å². The summed E-state index contributed by atoms with van der Waals surface area (Å²) in [7, 11) is 0. The molecule has 2 aliphatic rings. The van der Waals surface area contributed by atoms with Crippen LogP contribution in [-0.4, -0.2) is 41.4 Å². The quantitative estimate of drug-likeness (QED) is 0.917. The lowest BCUT2D eigenvalue weighted by molar-refractivity contribution is -0.133. The predicted molar refractivity (Wildman–Crippen MR) is 95.8 cm³/mol. The minimum Gasteiger partial charge on any atom is -0.334 e. The van der Waals surface area contributed by atoms with E-state index in [0.717, 1.165) is 31.0 Å². The Labute approximate surface area is 143 Å². The Hall–Kier alpha value is -0.710. The van der Waals surface area contributed by atoms with Crippen LogP contribution in [-0.2, 0) is 4.79 Å². The Kier molecular flexibility index (Phi) is 6.60. The third-order valence-corrected chi connectivity index (χ3v) is 5.52. The first-order valence-electron chi connectivity index (χ1n) is 7.91. The number of thioether (sulfide) groups is 1. The van der Waals surface area contributed by atoms with Crippen molar-refractivity contribution in [2.24, 2.45) is 0 Å². The van der Waals surface area contributed by atoms with Crippen molar-refractivity contribution in [1.29, 1.82) is 0 Å². The van der Waals surface area contributed by atoms with Gasteiger partial charge in [-0.15, -0.1) is 12.4 Å². The number of aryl methyl sites for hydroxylation is 1. The number of hydrogen-bond acceptors (Lipinski definition) is 3. The number of nitrogens with one attached hydrogen (secondary N) is 1. The highest BCUT2D eigenvalue weighted by Gasteiger charge is 2.30. The molecule has 2 atom stereocenters. The molecule has 0 radical (unpaired) electrons. The van der Waals surface area contributed by atoms with E-state index >= 15 is 0 Å². The lowest BCUT2D eigenvalue weighted by Crippen LogP contribution is -2.43. The molecule has 2 unspecified atom stereocenters. The fraction of sp³-hybridized carbons (Fsp3) is 0.588. The van der Waals surface area contributed by atoms with Crippen LogP contribution in [0.4, 0.5) is 0 Å². The van der Waals surface area contributed by atoms with Gasteiger partial charge in [0.15, 0.2) is 0 Å². The van der Waals surface area contributed by atoms with Gasteiger partial charge in [-0.2, -0.15) is 11.8 Å². The molecule has 0 saturated carbocycles. The maximum Gasteiger partial charge on any atom is 0.224 e. The molecule has 0 bridgehead atoms. The predicted octanol–water partition coefficient (Wildman–Crippen LogP) is 3.18. The van der Waals surface area contributed by atoms with E-state index in [4.69, 9.17) is 0 Å². The zero-order valence-corrected chi connectivity index (χ0v) is 14.7. The largest absolute Gasteiger partial charge is 0.334 e. The fourth-order valence-corrected chi connectivity index (χ4v) is 4.31. The molecule has 0 spiro atoms. The van der Waals surface area contributed by atoms with Crippen molar-refractivity contribution >= 4 is 30.1 Å². The minimum absolute atomic E-state index is 0. The first-order chi connectivity index (χ1) is 10.2. The van der Waals surface area contributed by atoms with Gasteiger partial charge in [-0.1, -0.05) is 29.8 Å². The molecule has 122 valence electrons. The standard InChI is InChI=1S/C17H24N2OS.ClH/c1-13-4-6-14(7-5-13)16-12-21-10-9-19(16)17(20)11-15-3-2-8-18-15;/h4-7,15-16,18H,2-3,8-12H2,1H3;1H. The molecular formula is C17H25ClN2OS. The van der Waals surface area contributed by atoms with Crippen LogP contribution in [0.25, 0.3) is 0 Å². The van der Waals surface area contributed by atoms with Crippen molar-refractivity contribution in [3.05, 3.63) is 35.4 Å². The van der Waals surface area contributed by atoms with E-state index in [9.17, 15) is 4.79 Å². The van der Waals surface area contributed by atoms with Crippen molar-refractivity contribution in [2.75, 3.05) is 24.6 Å². The molecular weight excluding hydrogens is 316 g/mol. The second kappa shape index (κ2) is 8.23. The Morgan fingerprint density at radius 3 is 2.82 bits per heavy atom. The number of carbonyl (C=O) groups excluding carboxylic acids is 1. The fourth-order valence-electron chi connectivity index (χ4n) is 3.23. The number of rotatable bonds is 3. The number of amides is 1. The Balaban J connectivity index is 0.00000176. The molecule has 0 aliphatic carbocycles. The summed E-state index contributed by atoms with van der Waals surface area (Å²) in [6, 6.07) is 9.30. The summed E-state index contributed by atoms with van der Waals surface area (Å²) in [6.45, 7) is 4.05. The average Bonchev–Trinajstić information content (AvgIpc) is 3.01. The summed E-state index contributed by atoms with van der Waals surface area (Å²) < 4.78 is 0. The molecule has 22 heavy (non-hydrogen) atoms. The SMILES string of the molecule is Cc1ccc(C2CSCCN2C(=O)CC2CCCN2)cc1.Cl. The van der Waals surface area contributed by atoms with Gasteiger partial charge in [-0.3, -0.25) is 4.79 Å². The van der Waals surface area contributed by atoms with Crippen LogP contribution in [0.2, 0.25) is 0 Å². The summed E-state index contributed by atoms with van der Waals surface area (Å²) in [5.74, 6) is 2.40. The van der Waals surface area contributed by atoms with Gasteiger partial charge in [0.05, 0.1) is 6.04 Å². The normalized spacial score (nSPS) is 24.9. The zero-order chi connectivity index (χ0) is 14.7. The lowest BCUT2D eigenvalue weighted by atomic mass is 10.0. The van der Waals surface area contributed by atoms with E-state index in [0.29, 0.717) is 18.4 Å². The van der Waals surface area contributed by atoms with Gasteiger partial charge in [0.2, 0.25) is 5.91 Å². The summed E-state index contributed by atoms with van der Waals surface area (Å²) in [4.78, 5) is 14.8. The van der Waals surface area contributed by atoms with Crippen molar-refractivity contribution in [1.82, 2.24) is 10.2 Å². The first-order valence-corrected chi connectivity index (χ1v) is 9.06. The van der Waals surface area contributed by atoms with E-state index in [2.05, 4.69) is 41.4 Å². The first kappa shape index (κ1) is 17.6. The minimum atomic E-state index is 0. The van der Waals surface area contributed by atoms with Crippen LogP contribution in [0.5, 0.6) is 0 Å². The van der Waals surface area contributed by atoms with E-state index in [1.807, 2.05) is 11.8 Å². The molecule has 5 heteroatoms. The van der Waals surface area contributed by atoms with Gasteiger partial charge < -0.3 is 10.2 Å². The number of halogens is 1. The molecule has 3 rings (SSSR count). The lowest BCUT2D eigenvalue weighted by Gasteiger charge is -2.36. The van der Waals surface area contributed by atoms with Crippen LogP contribution in [0, 0.1) is 6.92 Å². The van der Waals surface area contributed by atoms with Crippen molar-refractivity contribution in [3.8, 4) is 0 Å². The van der Waals surface area contributed by atoms with Crippen molar-refractivity contribution in [2.45, 2.75) is 38.3 Å². The third kappa shape index (κ3) is 4.18. The Morgan fingerprint density at radius 1 is 1.36 bits per heavy atom. The molecule has 1 N–H and O–H groups in total. The smallest absolute Gasteiger partial charge is 0.224 e. The van der Waals surface area contributed by atoms with E-state index in [-0.39, 0.29) is 18.4 Å². The number of carbonyl (C=O) groups is 1. The van der Waals surface area contributed by atoms with Crippen molar-refractivity contribution < 1.29 is 4.79 Å². The average molecular weight is 341 g/mol. The second-order valence-corrected chi connectivity index (χ2v) is 7.24. The maximum absolute atomic E-state index is 12.7. The molecule has 2 aliphatic heterocycles. The van der Waals surface area contributed by atoms with E-state index in [1.54, 1.807) is 0 Å². The second-order valence-electron chi connectivity index (χ2n) is 6.09. The third-order valence-electron chi connectivity index (χ3n) is 4.49. The van der Waals surface area contributed by atoms with Crippen LogP contribution in [0.3, 0.4) is 0 Å². The molecule has 1 aromatic carbocycles. The van der Waals surface area contributed by atoms with Gasteiger partial charge in [0, 0.05) is 30.5 Å². The highest BCUT2D eigenvalue weighted by Crippen LogP contribution is 2.30. The number of nitrogens with zero attached hydrogens (tertiary/aromatic N) is 1. The molecule has 1 aromatic rings. The number of benzene rings is 1. The molecule has 3 nitrogen and oxygen atoms in total. The Bertz CT molecular complexity index is 488. The molecule has 1 amide bonds. The van der Waals surface area contributed by atoms with Crippen LogP contribution in [0.15, 0.2) is 24.3 Å². The molecule has 2 heterocycles. The van der Waals surface area contributed by atoms with Gasteiger partial charge in [0.25, 0.3) is 0 Å². The van der Waals surface area contributed by atoms with E-state index in [1.165, 1.54) is 17.5 Å². The zero-order valence-electron chi connectivity index (χ0n) is 13.1. The van der Waals surface area contributed by atoms with Gasteiger partial charge in [-0.25, -0.2) is 0 Å². The summed E-state index contributed by atoms with van der Waals surface area (Å²) in [5, 5.41) is 3.44. The van der Waals surface area contributed by atoms with Crippen LogP contribution < -0.4 is 5.32 Å². The van der Waals surface area contributed by atoms with Crippen LogP contribution >= 0.6 is 24.2 Å². The summed E-state index contributed by atoms with van der Waals surface area (Å²) >= 11 is 1.96. The summed E-state index contributed by atoms with van der Waals surface area (Å²) in [6.07, 6.45) is 3.01. The van der Waals surface area contributed by atoms with Crippen molar-refractivity contribution in [3.63, 3.8) is 0 Å². The highest BCUT2D eigenvalue weighted by molar-refractivity contribution is 7.99. The molecule has 0 aromatic heterocycles. The number of hydrogen-bond donors (Lipinski definition) is 1. The molecule has 2 saturated heterocycles. The van der Waals surface area contributed by atoms with E-state index < -0.39 is 0 Å². The maximum atomic E-state index is 12.7. The topological polar surface area (TPSA) is 32.3 Å². The van der Waals surface area contributed by atoms with Crippen LogP contribution in [0.1, 0.15) is 36.4 Å². The highest BCUT2D eigenvalue weighted by atomic mass is 35.5. The Morgan fingerprint density at radius 2 is 2.14 bits per heavy atom. The van der Waals surface area contributed by atoms with Gasteiger partial charge in [0.1, 0.15) is 0 Å². The molecule has 2 fully saturated rings. The summed E-state index contributed by atoms with van der Waals surface area (Å²) in [5.41, 5.74) is 2.55. The van der Waals surface area contributed by atoms with Gasteiger partial charge in [-0.05, 0) is 31.9 Å².